The maximum Gasteiger partial charge on any atom is 0.253 e. The minimum Gasteiger partial charge on any atom is -0.389 e. The zero-order chi connectivity index (χ0) is 15.4. The normalized spacial score (nSPS) is 18.1. The zero-order valence-electron chi connectivity index (χ0n) is 12.0. The van der Waals surface area contributed by atoms with Gasteiger partial charge in [-0.05, 0) is 25.0 Å². The fraction of sp³-hybridized carbons (Fsp3) is 0.400. The highest BCUT2D eigenvalue weighted by atomic mass is 32.1. The fourth-order valence-corrected chi connectivity index (χ4v) is 2.69. The van der Waals surface area contributed by atoms with Crippen molar-refractivity contribution in [1.82, 2.24) is 10.2 Å². The average Bonchev–Trinajstić information content (AvgIpc) is 2.53. The lowest BCUT2D eigenvalue weighted by Crippen LogP contribution is -2.44. The molecule has 3 N–H and O–H groups in total. The van der Waals surface area contributed by atoms with Gasteiger partial charge in [-0.2, -0.15) is 0 Å². The van der Waals surface area contributed by atoms with Gasteiger partial charge < -0.3 is 16.0 Å². The number of carbonyl (C=O) groups excluding carboxylic acids is 2. The topological polar surface area (TPSA) is 75.4 Å². The Hall–Kier alpha value is -1.95. The van der Waals surface area contributed by atoms with Crippen LogP contribution in [0.1, 0.15) is 28.8 Å². The third kappa shape index (κ3) is 3.58. The summed E-state index contributed by atoms with van der Waals surface area (Å²) in [6.45, 7) is 1.12. The number of nitrogens with zero attached hydrogens (tertiary/aromatic N) is 1. The van der Waals surface area contributed by atoms with Gasteiger partial charge in [-0.25, -0.2) is 0 Å². The number of thiocarbonyl (C=S) groups is 1. The molecular formula is C15H19N3O2S. The Morgan fingerprint density at radius 2 is 2.10 bits per heavy atom. The van der Waals surface area contributed by atoms with Crippen LogP contribution < -0.4 is 11.1 Å². The summed E-state index contributed by atoms with van der Waals surface area (Å²) in [7, 11) is 1.62. The largest absolute Gasteiger partial charge is 0.389 e. The van der Waals surface area contributed by atoms with Crippen LogP contribution in [0.25, 0.3) is 0 Å². The number of piperidine rings is 1. The lowest BCUT2D eigenvalue weighted by Gasteiger charge is -2.32. The maximum atomic E-state index is 12.5. The second kappa shape index (κ2) is 6.67. The van der Waals surface area contributed by atoms with Crippen LogP contribution >= 0.6 is 12.2 Å². The minimum atomic E-state index is -0.133. The number of nitrogens with one attached hydrogen (secondary N) is 1. The van der Waals surface area contributed by atoms with Gasteiger partial charge in [-0.15, -0.1) is 0 Å². The van der Waals surface area contributed by atoms with Crippen molar-refractivity contribution in [2.24, 2.45) is 11.7 Å². The summed E-state index contributed by atoms with van der Waals surface area (Å²) in [5.41, 5.74) is 6.82. The maximum absolute atomic E-state index is 12.5. The van der Waals surface area contributed by atoms with E-state index >= 15 is 0 Å². The molecule has 1 aromatic carbocycles. The standard InChI is InChI=1S/C15H19N3O2S/c1-17-14(19)12-6-3-7-18(9-12)15(20)11-5-2-4-10(8-11)13(16)21/h2,4-5,8,12H,3,6-7,9H2,1H3,(H2,16,21)(H,17,19). The van der Waals surface area contributed by atoms with E-state index in [1.807, 2.05) is 0 Å². The van der Waals surface area contributed by atoms with E-state index in [2.05, 4.69) is 5.32 Å². The van der Waals surface area contributed by atoms with E-state index < -0.39 is 0 Å². The molecule has 0 saturated carbocycles. The number of likely N-dealkylation sites (tertiary alicyclic amines) is 1. The van der Waals surface area contributed by atoms with Gasteiger partial charge in [0.1, 0.15) is 4.99 Å². The van der Waals surface area contributed by atoms with E-state index in [0.717, 1.165) is 12.8 Å². The van der Waals surface area contributed by atoms with Crippen LogP contribution in [0, 0.1) is 5.92 Å². The molecule has 0 spiro atoms. The summed E-state index contributed by atoms with van der Waals surface area (Å²) in [5.74, 6) is -0.224. The van der Waals surface area contributed by atoms with Crippen LogP contribution in [0.3, 0.4) is 0 Å². The van der Waals surface area contributed by atoms with Crippen molar-refractivity contribution in [1.29, 1.82) is 0 Å². The summed E-state index contributed by atoms with van der Waals surface area (Å²) >= 11 is 4.93. The molecule has 1 unspecified atom stereocenters. The number of benzene rings is 1. The van der Waals surface area contributed by atoms with Crippen LogP contribution in [-0.4, -0.2) is 41.8 Å². The van der Waals surface area contributed by atoms with Crippen molar-refractivity contribution in [3.63, 3.8) is 0 Å². The van der Waals surface area contributed by atoms with Gasteiger partial charge in [0.15, 0.2) is 0 Å². The monoisotopic (exact) mass is 305 g/mol. The molecule has 1 saturated heterocycles. The van der Waals surface area contributed by atoms with Crippen molar-refractivity contribution >= 4 is 29.0 Å². The molecule has 1 fully saturated rings. The second-order valence-corrected chi connectivity index (χ2v) is 5.59. The molecule has 0 aliphatic carbocycles. The van der Waals surface area contributed by atoms with Crippen LogP contribution in [-0.2, 0) is 4.79 Å². The molecule has 2 rings (SSSR count). The first-order valence-corrected chi connectivity index (χ1v) is 7.34. The number of rotatable bonds is 3. The summed E-state index contributed by atoms with van der Waals surface area (Å²) in [6.07, 6.45) is 1.65. The van der Waals surface area contributed by atoms with E-state index in [0.29, 0.717) is 24.2 Å². The van der Waals surface area contributed by atoms with Gasteiger partial charge in [0, 0.05) is 31.3 Å². The quantitative estimate of drug-likeness (QED) is 0.814. The molecule has 6 heteroatoms. The highest BCUT2D eigenvalue weighted by molar-refractivity contribution is 7.80. The van der Waals surface area contributed by atoms with Gasteiger partial charge in [0.25, 0.3) is 5.91 Å². The third-order valence-electron chi connectivity index (χ3n) is 3.72. The molecule has 1 aromatic rings. The van der Waals surface area contributed by atoms with E-state index in [4.69, 9.17) is 18.0 Å². The van der Waals surface area contributed by atoms with Crippen molar-refractivity contribution in [3.8, 4) is 0 Å². The zero-order valence-corrected chi connectivity index (χ0v) is 12.8. The number of hydrogen-bond donors (Lipinski definition) is 2. The number of nitrogens with two attached hydrogens (primary N) is 1. The Bertz CT molecular complexity index is 574. The Kier molecular flexibility index (Phi) is 4.90. The predicted molar refractivity (Wildman–Crippen MR) is 85.0 cm³/mol. The van der Waals surface area contributed by atoms with Gasteiger partial charge in [-0.1, -0.05) is 24.4 Å². The number of amides is 2. The van der Waals surface area contributed by atoms with Crippen LogP contribution in [0.5, 0.6) is 0 Å². The van der Waals surface area contributed by atoms with E-state index in [1.54, 1.807) is 36.2 Å². The molecule has 5 nitrogen and oxygen atoms in total. The molecule has 0 aromatic heterocycles. The first-order chi connectivity index (χ1) is 10.0. The molecule has 21 heavy (non-hydrogen) atoms. The summed E-state index contributed by atoms with van der Waals surface area (Å²) in [5, 5.41) is 2.65. The molecule has 1 heterocycles. The third-order valence-corrected chi connectivity index (χ3v) is 3.96. The Labute approximate surface area is 129 Å². The number of carbonyl (C=O) groups is 2. The minimum absolute atomic E-state index is 0.00983. The van der Waals surface area contributed by atoms with Gasteiger partial charge in [0.2, 0.25) is 5.91 Å². The molecular weight excluding hydrogens is 286 g/mol. The smallest absolute Gasteiger partial charge is 0.253 e. The van der Waals surface area contributed by atoms with Crippen LogP contribution in [0.2, 0.25) is 0 Å². The second-order valence-electron chi connectivity index (χ2n) is 5.15. The molecule has 1 aliphatic rings. The van der Waals surface area contributed by atoms with Crippen LogP contribution in [0.15, 0.2) is 24.3 Å². The Morgan fingerprint density at radius 1 is 1.38 bits per heavy atom. The summed E-state index contributed by atoms with van der Waals surface area (Å²) in [4.78, 5) is 26.3. The van der Waals surface area contributed by atoms with Crippen molar-refractivity contribution in [3.05, 3.63) is 35.4 Å². The summed E-state index contributed by atoms with van der Waals surface area (Å²) in [6, 6.07) is 6.99. The molecule has 0 bridgehead atoms. The first-order valence-electron chi connectivity index (χ1n) is 6.93. The van der Waals surface area contributed by atoms with E-state index in [9.17, 15) is 9.59 Å². The van der Waals surface area contributed by atoms with Crippen molar-refractivity contribution < 1.29 is 9.59 Å². The van der Waals surface area contributed by atoms with Gasteiger partial charge in [-0.3, -0.25) is 9.59 Å². The van der Waals surface area contributed by atoms with Gasteiger partial charge >= 0.3 is 0 Å². The van der Waals surface area contributed by atoms with Crippen LogP contribution in [0.4, 0.5) is 0 Å². The lowest BCUT2D eigenvalue weighted by atomic mass is 9.96. The van der Waals surface area contributed by atoms with Gasteiger partial charge in [0.05, 0.1) is 5.92 Å². The fourth-order valence-electron chi connectivity index (χ4n) is 2.57. The first kappa shape index (κ1) is 15.4. The molecule has 1 atom stereocenters. The Balaban J connectivity index is 2.14. The van der Waals surface area contributed by atoms with E-state index in [-0.39, 0.29) is 22.7 Å². The molecule has 0 radical (unpaired) electrons. The molecule has 1 aliphatic heterocycles. The molecule has 112 valence electrons. The van der Waals surface area contributed by atoms with E-state index in [1.165, 1.54) is 0 Å². The Morgan fingerprint density at radius 3 is 2.76 bits per heavy atom. The highest BCUT2D eigenvalue weighted by Crippen LogP contribution is 2.19. The summed E-state index contributed by atoms with van der Waals surface area (Å²) < 4.78 is 0. The van der Waals surface area contributed by atoms with Crippen molar-refractivity contribution in [2.45, 2.75) is 12.8 Å². The predicted octanol–water partition coefficient (Wildman–Crippen LogP) is 0.919. The lowest BCUT2D eigenvalue weighted by molar-refractivity contribution is -0.125. The average molecular weight is 305 g/mol. The van der Waals surface area contributed by atoms with Crippen molar-refractivity contribution in [2.75, 3.05) is 20.1 Å². The molecule has 2 amide bonds. The highest BCUT2D eigenvalue weighted by Gasteiger charge is 2.28. The SMILES string of the molecule is CNC(=O)C1CCCN(C(=O)c2cccc(C(N)=S)c2)C1. The number of hydrogen-bond acceptors (Lipinski definition) is 3.